The van der Waals surface area contributed by atoms with Crippen LogP contribution in [-0.4, -0.2) is 10.4 Å². The fraction of sp³-hybridized carbons (Fsp3) is 0.182. The summed E-state index contributed by atoms with van der Waals surface area (Å²) in [6, 6.07) is 17.7. The monoisotopic (exact) mass is 408 g/mol. The standard InChI is InChI=1S/C22H21N2O.BrH/c1-3-23-13-12-21-19(15-23)18-14-17(10-11-20(18)24(21)4-2)22(25)16-8-6-5-7-9-16;/h5-15H,3-4H2,1-2H3;1H/q+1;/p-1. The smallest absolute Gasteiger partial charge is 0.193 e. The molecule has 2 aromatic carbocycles. The summed E-state index contributed by atoms with van der Waals surface area (Å²) in [5.74, 6) is 0.0687. The Kier molecular flexibility index (Phi) is 5.23. The van der Waals surface area contributed by atoms with Crippen LogP contribution in [0.5, 0.6) is 0 Å². The molecule has 4 heteroatoms. The number of benzene rings is 2. The minimum atomic E-state index is 0. The normalized spacial score (nSPS) is 10.8. The SMILES string of the molecule is CCn1c2ccc(C(=O)c3ccccc3)cc2c2c[n+](CC)ccc21.[Br-]. The van der Waals surface area contributed by atoms with Crippen molar-refractivity contribution in [1.82, 2.24) is 4.57 Å². The third kappa shape index (κ3) is 2.95. The number of nitrogens with zero attached hydrogens (tertiary/aromatic N) is 2. The van der Waals surface area contributed by atoms with Crippen molar-refractivity contribution in [3.8, 4) is 0 Å². The molecule has 0 aliphatic rings. The van der Waals surface area contributed by atoms with Gasteiger partial charge >= 0.3 is 0 Å². The van der Waals surface area contributed by atoms with Crippen molar-refractivity contribution in [2.24, 2.45) is 0 Å². The molecule has 0 aliphatic heterocycles. The minimum Gasteiger partial charge on any atom is -1.00 e. The highest BCUT2D eigenvalue weighted by Crippen LogP contribution is 2.29. The number of fused-ring (bicyclic) bond motifs is 3. The highest BCUT2D eigenvalue weighted by Gasteiger charge is 2.16. The number of aromatic nitrogens is 2. The highest BCUT2D eigenvalue weighted by molar-refractivity contribution is 6.14. The molecule has 0 atom stereocenters. The predicted molar refractivity (Wildman–Crippen MR) is 101 cm³/mol. The van der Waals surface area contributed by atoms with E-state index in [2.05, 4.69) is 47.5 Å². The van der Waals surface area contributed by atoms with Crippen molar-refractivity contribution in [1.29, 1.82) is 0 Å². The van der Waals surface area contributed by atoms with Gasteiger partial charge in [0.1, 0.15) is 6.54 Å². The van der Waals surface area contributed by atoms with Gasteiger partial charge in [-0.1, -0.05) is 30.3 Å². The van der Waals surface area contributed by atoms with E-state index >= 15 is 0 Å². The molecule has 26 heavy (non-hydrogen) atoms. The Morgan fingerprint density at radius 1 is 0.923 bits per heavy atom. The van der Waals surface area contributed by atoms with Gasteiger partial charge in [-0.3, -0.25) is 4.79 Å². The predicted octanol–water partition coefficient (Wildman–Crippen LogP) is 1.36. The first-order valence-electron chi connectivity index (χ1n) is 8.77. The lowest BCUT2D eigenvalue weighted by molar-refractivity contribution is -0.692. The molecule has 0 unspecified atom stereocenters. The van der Waals surface area contributed by atoms with Crippen molar-refractivity contribution in [2.75, 3.05) is 0 Å². The molecular formula is C22H21BrN2O. The third-order valence-corrected chi connectivity index (χ3v) is 4.84. The molecule has 132 valence electrons. The molecule has 0 N–H and O–H groups in total. The second kappa shape index (κ2) is 7.42. The van der Waals surface area contributed by atoms with Gasteiger partial charge in [0.15, 0.2) is 18.2 Å². The summed E-state index contributed by atoms with van der Waals surface area (Å²) in [7, 11) is 0. The fourth-order valence-corrected chi connectivity index (χ4v) is 3.53. The molecule has 0 radical (unpaired) electrons. The summed E-state index contributed by atoms with van der Waals surface area (Å²) in [5, 5.41) is 2.34. The third-order valence-electron chi connectivity index (χ3n) is 4.84. The zero-order chi connectivity index (χ0) is 17.4. The first kappa shape index (κ1) is 18.3. The Balaban J connectivity index is 0.00000196. The van der Waals surface area contributed by atoms with E-state index in [1.807, 2.05) is 42.5 Å². The Hall–Kier alpha value is -2.46. The van der Waals surface area contributed by atoms with Gasteiger partial charge in [-0.25, -0.2) is 4.57 Å². The van der Waals surface area contributed by atoms with E-state index in [9.17, 15) is 4.79 Å². The van der Waals surface area contributed by atoms with Crippen LogP contribution in [-0.2, 0) is 13.1 Å². The van der Waals surface area contributed by atoms with Crippen molar-refractivity contribution in [2.45, 2.75) is 26.9 Å². The summed E-state index contributed by atoms with van der Waals surface area (Å²) < 4.78 is 4.48. The lowest BCUT2D eigenvalue weighted by atomic mass is 10.0. The van der Waals surface area contributed by atoms with Gasteiger partial charge in [-0.05, 0) is 32.0 Å². The fourth-order valence-electron chi connectivity index (χ4n) is 3.53. The molecule has 0 spiro atoms. The van der Waals surface area contributed by atoms with Crippen LogP contribution in [0.4, 0.5) is 0 Å². The largest absolute Gasteiger partial charge is 1.00 e. The number of carbonyl (C=O) groups is 1. The Labute approximate surface area is 163 Å². The van der Waals surface area contributed by atoms with Crippen LogP contribution in [0.25, 0.3) is 21.8 Å². The van der Waals surface area contributed by atoms with E-state index in [0.29, 0.717) is 0 Å². The molecule has 0 bridgehead atoms. The van der Waals surface area contributed by atoms with Crippen LogP contribution in [0, 0.1) is 0 Å². The first-order valence-corrected chi connectivity index (χ1v) is 8.77. The van der Waals surface area contributed by atoms with E-state index < -0.39 is 0 Å². The zero-order valence-corrected chi connectivity index (χ0v) is 16.5. The molecule has 2 heterocycles. The number of ketones is 1. The van der Waals surface area contributed by atoms with Crippen LogP contribution < -0.4 is 21.5 Å². The van der Waals surface area contributed by atoms with Crippen LogP contribution in [0.2, 0.25) is 0 Å². The number of pyridine rings is 1. The van der Waals surface area contributed by atoms with Gasteiger partial charge in [0.25, 0.3) is 0 Å². The molecule has 2 aromatic heterocycles. The maximum atomic E-state index is 12.8. The number of halogens is 1. The molecule has 0 saturated carbocycles. The van der Waals surface area contributed by atoms with E-state index in [0.717, 1.165) is 29.6 Å². The zero-order valence-electron chi connectivity index (χ0n) is 14.9. The average Bonchev–Trinajstić information content (AvgIpc) is 3.00. The van der Waals surface area contributed by atoms with Gasteiger partial charge < -0.3 is 21.5 Å². The highest BCUT2D eigenvalue weighted by atomic mass is 79.9. The van der Waals surface area contributed by atoms with Crippen LogP contribution in [0.3, 0.4) is 0 Å². The van der Waals surface area contributed by atoms with Gasteiger partial charge in [0.05, 0.1) is 10.9 Å². The lowest BCUT2D eigenvalue weighted by Gasteiger charge is -2.04. The second-order valence-electron chi connectivity index (χ2n) is 6.25. The average molecular weight is 409 g/mol. The Morgan fingerprint density at radius 3 is 2.35 bits per heavy atom. The van der Waals surface area contributed by atoms with Gasteiger partial charge in [0.2, 0.25) is 0 Å². The summed E-state index contributed by atoms with van der Waals surface area (Å²) >= 11 is 0. The van der Waals surface area contributed by atoms with Gasteiger partial charge in [-0.2, -0.15) is 0 Å². The topological polar surface area (TPSA) is 25.9 Å². The molecule has 0 saturated heterocycles. The maximum absolute atomic E-state index is 12.8. The number of aryl methyl sites for hydroxylation is 2. The lowest BCUT2D eigenvalue weighted by Crippen LogP contribution is -3.00. The van der Waals surface area contributed by atoms with Gasteiger partial charge in [-0.15, -0.1) is 0 Å². The van der Waals surface area contributed by atoms with Crippen LogP contribution >= 0.6 is 0 Å². The summed E-state index contributed by atoms with van der Waals surface area (Å²) in [6.07, 6.45) is 4.30. The second-order valence-corrected chi connectivity index (χ2v) is 6.25. The van der Waals surface area contributed by atoms with Gasteiger partial charge in [0, 0.05) is 34.6 Å². The van der Waals surface area contributed by atoms with Crippen molar-refractivity contribution < 1.29 is 26.3 Å². The van der Waals surface area contributed by atoms with E-state index in [1.54, 1.807) is 0 Å². The number of rotatable bonds is 4. The Bertz CT molecular complexity index is 1080. The molecular weight excluding hydrogens is 388 g/mol. The van der Waals surface area contributed by atoms with Crippen LogP contribution in [0.15, 0.2) is 67.0 Å². The summed E-state index contributed by atoms with van der Waals surface area (Å²) in [4.78, 5) is 12.8. The molecule has 3 nitrogen and oxygen atoms in total. The number of hydrogen-bond acceptors (Lipinski definition) is 1. The molecule has 4 rings (SSSR count). The maximum Gasteiger partial charge on any atom is 0.193 e. The van der Waals surface area contributed by atoms with Crippen molar-refractivity contribution >= 4 is 27.6 Å². The van der Waals surface area contributed by atoms with E-state index in [-0.39, 0.29) is 22.8 Å². The quantitative estimate of drug-likeness (QED) is 0.369. The molecule has 4 aromatic rings. The van der Waals surface area contributed by atoms with Crippen molar-refractivity contribution in [3.63, 3.8) is 0 Å². The molecule has 0 amide bonds. The van der Waals surface area contributed by atoms with E-state index in [4.69, 9.17) is 0 Å². The van der Waals surface area contributed by atoms with Crippen molar-refractivity contribution in [3.05, 3.63) is 78.1 Å². The summed E-state index contributed by atoms with van der Waals surface area (Å²) in [5.41, 5.74) is 3.85. The summed E-state index contributed by atoms with van der Waals surface area (Å²) in [6.45, 7) is 6.12. The van der Waals surface area contributed by atoms with Crippen LogP contribution in [0.1, 0.15) is 29.8 Å². The number of hydrogen-bond donors (Lipinski definition) is 0. The Morgan fingerprint density at radius 2 is 1.65 bits per heavy atom. The number of carbonyl (C=O) groups excluding carboxylic acids is 1. The molecule has 0 fully saturated rings. The molecule has 0 aliphatic carbocycles. The van der Waals surface area contributed by atoms with E-state index in [1.165, 1.54) is 16.4 Å². The first-order chi connectivity index (χ1) is 12.2. The minimum absolute atomic E-state index is 0.